The van der Waals surface area contributed by atoms with Crippen LogP contribution in [0.1, 0.15) is 25.1 Å². The maximum Gasteiger partial charge on any atom is 0.249 e. The Balaban J connectivity index is 1.46. The molecule has 0 saturated carbocycles. The lowest BCUT2D eigenvalue weighted by Crippen LogP contribution is -2.24. The van der Waals surface area contributed by atoms with Crippen LogP contribution < -0.4 is 0 Å². The zero-order chi connectivity index (χ0) is 20.9. The van der Waals surface area contributed by atoms with E-state index in [1.165, 1.54) is 0 Å². The third kappa shape index (κ3) is 4.87. The maximum atomic E-state index is 6.22. The number of nitrogens with zero attached hydrogens (tertiary/aromatic N) is 5. The van der Waals surface area contributed by atoms with Crippen molar-refractivity contribution in [2.24, 2.45) is 0 Å². The van der Waals surface area contributed by atoms with Crippen LogP contribution in [0.15, 0.2) is 57.5 Å². The average Bonchev–Trinajstić information content (AvgIpc) is 3.39. The quantitative estimate of drug-likeness (QED) is 0.355. The largest absolute Gasteiger partial charge is 0.419 e. The molecule has 0 N–H and O–H groups in total. The van der Waals surface area contributed by atoms with Gasteiger partial charge in [-0.25, -0.2) is 0 Å². The molecule has 0 bridgehead atoms. The second kappa shape index (κ2) is 9.38. The van der Waals surface area contributed by atoms with Gasteiger partial charge in [0.15, 0.2) is 0 Å². The van der Waals surface area contributed by atoms with E-state index < -0.39 is 0 Å². The number of hydrogen-bond donors (Lipinski definition) is 0. The molecule has 0 radical (unpaired) electrons. The lowest BCUT2D eigenvalue weighted by Gasteiger charge is -2.17. The zero-order valence-electron chi connectivity index (χ0n) is 16.3. The molecular weight excluding hydrogens is 425 g/mol. The third-order valence-electron chi connectivity index (χ3n) is 4.40. The van der Waals surface area contributed by atoms with Crippen LogP contribution in [-0.4, -0.2) is 31.8 Å². The topological polar surface area (TPSA) is 81.1 Å². The summed E-state index contributed by atoms with van der Waals surface area (Å²) in [5, 5.41) is 13.6. The van der Waals surface area contributed by atoms with E-state index in [1.807, 2.05) is 30.3 Å². The van der Waals surface area contributed by atoms with Crippen LogP contribution in [0.2, 0.25) is 10.0 Å². The van der Waals surface area contributed by atoms with Crippen molar-refractivity contribution in [3.8, 4) is 22.8 Å². The van der Waals surface area contributed by atoms with Crippen LogP contribution in [0.5, 0.6) is 0 Å². The number of benzene rings is 2. The molecule has 0 aliphatic carbocycles. The first-order chi connectivity index (χ1) is 14.6. The third-order valence-corrected chi connectivity index (χ3v) is 4.98. The molecule has 0 aliphatic rings. The second-order valence-electron chi connectivity index (χ2n) is 6.71. The van der Waals surface area contributed by atoms with Crippen molar-refractivity contribution in [2.45, 2.75) is 26.4 Å². The molecule has 30 heavy (non-hydrogen) atoms. The van der Waals surface area contributed by atoms with E-state index in [2.05, 4.69) is 32.2 Å². The Morgan fingerprint density at radius 1 is 0.933 bits per heavy atom. The van der Waals surface area contributed by atoms with Crippen LogP contribution in [0, 0.1) is 0 Å². The summed E-state index contributed by atoms with van der Waals surface area (Å²) in [7, 11) is 0. The molecule has 0 fully saturated rings. The number of halogens is 2. The first kappa shape index (κ1) is 20.5. The lowest BCUT2D eigenvalue weighted by atomic mass is 10.2. The van der Waals surface area contributed by atoms with Gasteiger partial charge in [0.1, 0.15) is 0 Å². The molecule has 154 valence electrons. The summed E-state index contributed by atoms with van der Waals surface area (Å²) in [6.45, 7) is 3.84. The van der Waals surface area contributed by atoms with Crippen LogP contribution in [0.25, 0.3) is 22.8 Å². The highest BCUT2D eigenvalue weighted by Gasteiger charge is 2.17. The fraction of sp³-hybridized carbons (Fsp3) is 0.238. The lowest BCUT2D eigenvalue weighted by molar-refractivity contribution is 0.201. The number of hydrogen-bond acceptors (Lipinski definition) is 7. The van der Waals surface area contributed by atoms with Gasteiger partial charge in [-0.05, 0) is 49.4 Å². The molecule has 4 rings (SSSR count). The summed E-state index contributed by atoms with van der Waals surface area (Å²) in [6.07, 6.45) is 0.948. The van der Waals surface area contributed by atoms with Crippen LogP contribution in [-0.2, 0) is 13.1 Å². The highest BCUT2D eigenvalue weighted by molar-refractivity contribution is 6.33. The van der Waals surface area contributed by atoms with Gasteiger partial charge in [0, 0.05) is 10.6 Å². The van der Waals surface area contributed by atoms with Gasteiger partial charge < -0.3 is 8.94 Å². The van der Waals surface area contributed by atoms with Crippen molar-refractivity contribution in [3.63, 3.8) is 0 Å². The number of aromatic nitrogens is 4. The predicted molar refractivity (Wildman–Crippen MR) is 114 cm³/mol. The molecule has 2 aromatic heterocycles. The Morgan fingerprint density at radius 2 is 1.70 bits per heavy atom. The smallest absolute Gasteiger partial charge is 0.249 e. The molecule has 9 heteroatoms. The van der Waals surface area contributed by atoms with Crippen molar-refractivity contribution in [1.82, 2.24) is 25.2 Å². The van der Waals surface area contributed by atoms with E-state index in [4.69, 9.17) is 32.1 Å². The molecule has 2 aromatic carbocycles. The van der Waals surface area contributed by atoms with Gasteiger partial charge in [-0.3, -0.25) is 4.90 Å². The Morgan fingerprint density at radius 3 is 2.47 bits per heavy atom. The molecule has 0 spiro atoms. The maximum absolute atomic E-state index is 6.22. The van der Waals surface area contributed by atoms with Gasteiger partial charge in [0.05, 0.1) is 23.7 Å². The summed E-state index contributed by atoms with van der Waals surface area (Å²) < 4.78 is 11.3. The van der Waals surface area contributed by atoms with Crippen molar-refractivity contribution in [2.75, 3.05) is 6.54 Å². The van der Waals surface area contributed by atoms with Crippen LogP contribution in [0.3, 0.4) is 0 Å². The van der Waals surface area contributed by atoms with Gasteiger partial charge in [-0.1, -0.05) is 47.4 Å². The Labute approximate surface area is 183 Å². The minimum Gasteiger partial charge on any atom is -0.419 e. The fourth-order valence-electron chi connectivity index (χ4n) is 3.01. The minimum absolute atomic E-state index is 0.398. The van der Waals surface area contributed by atoms with E-state index in [0.29, 0.717) is 52.2 Å². The van der Waals surface area contributed by atoms with E-state index in [0.717, 1.165) is 18.5 Å². The van der Waals surface area contributed by atoms with Gasteiger partial charge >= 0.3 is 0 Å². The standard InChI is InChI=1S/C21H19Cl2N5O2/c1-2-11-28(12-18-24-20(27-30-18)14-7-9-15(22)10-8-14)13-19-25-26-21(29-19)16-5-3-4-6-17(16)23/h3-10H,2,11-13H2,1H3. The minimum atomic E-state index is 0.398. The molecule has 0 aliphatic heterocycles. The predicted octanol–water partition coefficient (Wildman–Crippen LogP) is 5.51. The molecular formula is C21H19Cl2N5O2. The monoisotopic (exact) mass is 443 g/mol. The Hall–Kier alpha value is -2.74. The second-order valence-corrected chi connectivity index (χ2v) is 7.55. The fourth-order valence-corrected chi connectivity index (χ4v) is 3.35. The molecule has 2 heterocycles. The summed E-state index contributed by atoms with van der Waals surface area (Å²) in [5.74, 6) is 1.93. The average molecular weight is 444 g/mol. The Kier molecular flexibility index (Phi) is 6.42. The Bertz CT molecular complexity index is 1110. The summed E-state index contributed by atoms with van der Waals surface area (Å²) in [6, 6.07) is 14.7. The van der Waals surface area contributed by atoms with E-state index in [-0.39, 0.29) is 0 Å². The van der Waals surface area contributed by atoms with E-state index in [9.17, 15) is 0 Å². The summed E-state index contributed by atoms with van der Waals surface area (Å²) in [5.41, 5.74) is 1.56. The van der Waals surface area contributed by atoms with E-state index in [1.54, 1.807) is 18.2 Å². The molecule has 7 nitrogen and oxygen atoms in total. The first-order valence-corrected chi connectivity index (χ1v) is 10.3. The van der Waals surface area contributed by atoms with Crippen molar-refractivity contribution >= 4 is 23.2 Å². The SMILES string of the molecule is CCCN(Cc1nc(-c2ccc(Cl)cc2)no1)Cc1nnc(-c2ccccc2Cl)o1. The van der Waals surface area contributed by atoms with E-state index >= 15 is 0 Å². The van der Waals surface area contributed by atoms with Gasteiger partial charge in [0.2, 0.25) is 23.5 Å². The molecule has 0 atom stereocenters. The highest BCUT2D eigenvalue weighted by Crippen LogP contribution is 2.26. The van der Waals surface area contributed by atoms with Crippen molar-refractivity contribution < 1.29 is 8.94 Å². The normalized spacial score (nSPS) is 11.3. The molecule has 4 aromatic rings. The first-order valence-electron chi connectivity index (χ1n) is 9.50. The molecule has 0 unspecified atom stereocenters. The van der Waals surface area contributed by atoms with Crippen LogP contribution >= 0.6 is 23.2 Å². The van der Waals surface area contributed by atoms with Crippen molar-refractivity contribution in [1.29, 1.82) is 0 Å². The molecule has 0 saturated heterocycles. The summed E-state index contributed by atoms with van der Waals surface area (Å²) in [4.78, 5) is 6.61. The molecule has 0 amide bonds. The number of rotatable bonds is 8. The van der Waals surface area contributed by atoms with Gasteiger partial charge in [-0.2, -0.15) is 4.98 Å². The van der Waals surface area contributed by atoms with Gasteiger partial charge in [0.25, 0.3) is 0 Å². The van der Waals surface area contributed by atoms with Crippen LogP contribution in [0.4, 0.5) is 0 Å². The summed E-state index contributed by atoms with van der Waals surface area (Å²) >= 11 is 12.2. The highest BCUT2D eigenvalue weighted by atomic mass is 35.5. The van der Waals surface area contributed by atoms with Gasteiger partial charge in [-0.15, -0.1) is 10.2 Å². The zero-order valence-corrected chi connectivity index (χ0v) is 17.8. The van der Waals surface area contributed by atoms with Crippen molar-refractivity contribution in [3.05, 3.63) is 70.4 Å².